The van der Waals surface area contributed by atoms with Gasteiger partial charge in [0, 0.05) is 6.04 Å². The molecule has 0 radical (unpaired) electrons. The minimum absolute atomic E-state index is 0.445. The summed E-state index contributed by atoms with van der Waals surface area (Å²) >= 11 is 0. The number of nitrogens with one attached hydrogen (secondary N) is 1. The summed E-state index contributed by atoms with van der Waals surface area (Å²) < 4.78 is 5.64. The molecule has 2 heteroatoms. The first-order valence-electron chi connectivity index (χ1n) is 8.04. The van der Waals surface area contributed by atoms with E-state index in [0.29, 0.717) is 6.04 Å². The van der Waals surface area contributed by atoms with Crippen molar-refractivity contribution in [1.29, 1.82) is 0 Å². The molecule has 1 aliphatic carbocycles. The van der Waals surface area contributed by atoms with Crippen LogP contribution in [0.2, 0.25) is 0 Å². The average Bonchev–Trinajstić information content (AvgIpc) is 2.39. The molecule has 0 heterocycles. The van der Waals surface area contributed by atoms with Gasteiger partial charge in [-0.1, -0.05) is 26.0 Å². The van der Waals surface area contributed by atoms with Gasteiger partial charge >= 0.3 is 0 Å². The van der Waals surface area contributed by atoms with Crippen LogP contribution in [0.4, 0.5) is 0 Å². The van der Waals surface area contributed by atoms with Gasteiger partial charge in [0.15, 0.2) is 0 Å². The Morgan fingerprint density at radius 3 is 2.50 bits per heavy atom. The predicted octanol–water partition coefficient (Wildman–Crippen LogP) is 4.42. The van der Waals surface area contributed by atoms with Crippen molar-refractivity contribution in [2.24, 2.45) is 17.8 Å². The van der Waals surface area contributed by atoms with Gasteiger partial charge in [0.2, 0.25) is 0 Å². The van der Waals surface area contributed by atoms with E-state index in [4.69, 9.17) is 4.74 Å². The summed E-state index contributed by atoms with van der Waals surface area (Å²) in [5.41, 5.74) is 1.37. The van der Waals surface area contributed by atoms with Crippen LogP contribution in [0.15, 0.2) is 24.3 Å². The van der Waals surface area contributed by atoms with Crippen LogP contribution < -0.4 is 10.1 Å². The lowest BCUT2D eigenvalue weighted by Crippen LogP contribution is -2.31. The molecule has 0 aliphatic heterocycles. The van der Waals surface area contributed by atoms with Gasteiger partial charge in [-0.05, 0) is 68.7 Å². The molecule has 1 saturated carbocycles. The topological polar surface area (TPSA) is 21.3 Å². The van der Waals surface area contributed by atoms with E-state index in [1.165, 1.54) is 24.8 Å². The predicted molar refractivity (Wildman–Crippen MR) is 85.1 cm³/mol. The van der Waals surface area contributed by atoms with Crippen molar-refractivity contribution in [3.63, 3.8) is 0 Å². The summed E-state index contributed by atoms with van der Waals surface area (Å²) in [6, 6.07) is 9.04. The molecule has 1 N–H and O–H groups in total. The summed E-state index contributed by atoms with van der Waals surface area (Å²) in [7, 11) is 2.09. The van der Waals surface area contributed by atoms with E-state index in [9.17, 15) is 0 Å². The molecule has 20 heavy (non-hydrogen) atoms. The second-order valence-electron chi connectivity index (χ2n) is 6.45. The quantitative estimate of drug-likeness (QED) is 0.859. The lowest BCUT2D eigenvalue weighted by atomic mass is 9.72. The Morgan fingerprint density at radius 1 is 1.20 bits per heavy atom. The normalized spacial score (nSPS) is 28.1. The molecule has 3 atom stereocenters. The fraction of sp³-hybridized carbons (Fsp3) is 0.667. The van der Waals surface area contributed by atoms with Crippen molar-refractivity contribution >= 4 is 0 Å². The highest BCUT2D eigenvalue weighted by atomic mass is 16.5. The number of benzene rings is 1. The molecule has 1 aliphatic rings. The summed E-state index contributed by atoms with van der Waals surface area (Å²) in [6.45, 7) is 7.55. The largest absolute Gasteiger partial charge is 0.494 e. The van der Waals surface area contributed by atoms with Crippen LogP contribution in [-0.2, 0) is 0 Å². The maximum atomic E-state index is 5.64. The van der Waals surface area contributed by atoms with E-state index in [2.05, 4.69) is 44.4 Å². The Bertz CT molecular complexity index is 408. The van der Waals surface area contributed by atoms with Crippen molar-refractivity contribution < 1.29 is 4.74 Å². The van der Waals surface area contributed by atoms with Gasteiger partial charge in [-0.3, -0.25) is 0 Å². The minimum atomic E-state index is 0.445. The molecule has 0 spiro atoms. The minimum Gasteiger partial charge on any atom is -0.494 e. The molecule has 3 unspecified atom stereocenters. The van der Waals surface area contributed by atoms with Crippen molar-refractivity contribution in [2.75, 3.05) is 13.7 Å². The summed E-state index contributed by atoms with van der Waals surface area (Å²) in [5, 5.41) is 3.54. The van der Waals surface area contributed by atoms with Gasteiger partial charge in [-0.2, -0.15) is 0 Å². The molecule has 1 aromatic carbocycles. The van der Waals surface area contributed by atoms with Crippen LogP contribution in [0, 0.1) is 17.8 Å². The Balaban J connectivity index is 2.16. The van der Waals surface area contributed by atoms with Crippen LogP contribution in [0.3, 0.4) is 0 Å². The summed E-state index contributed by atoms with van der Waals surface area (Å²) in [5.74, 6) is 3.40. The standard InChI is InChI=1S/C18H29NO/c1-5-20-17-8-6-7-15(12-17)18(19-4)16-10-13(2)9-14(3)11-16/h6-8,12-14,16,18-19H,5,9-11H2,1-4H3. The zero-order valence-corrected chi connectivity index (χ0v) is 13.4. The SMILES string of the molecule is CCOc1cccc(C(NC)C2CC(C)CC(C)C2)c1. The number of hydrogen-bond donors (Lipinski definition) is 1. The van der Waals surface area contributed by atoms with Gasteiger partial charge < -0.3 is 10.1 Å². The van der Waals surface area contributed by atoms with E-state index in [0.717, 1.165) is 30.1 Å². The zero-order chi connectivity index (χ0) is 14.5. The molecule has 2 nitrogen and oxygen atoms in total. The first kappa shape index (κ1) is 15.4. The Morgan fingerprint density at radius 2 is 1.90 bits per heavy atom. The van der Waals surface area contributed by atoms with E-state index in [1.807, 2.05) is 13.0 Å². The van der Waals surface area contributed by atoms with Gasteiger partial charge in [0.1, 0.15) is 5.75 Å². The highest BCUT2D eigenvalue weighted by molar-refractivity contribution is 5.31. The number of hydrogen-bond acceptors (Lipinski definition) is 2. The van der Waals surface area contributed by atoms with Crippen LogP contribution in [0.1, 0.15) is 51.6 Å². The van der Waals surface area contributed by atoms with Gasteiger partial charge in [-0.15, -0.1) is 0 Å². The Labute approximate surface area is 123 Å². The third kappa shape index (κ3) is 3.76. The maximum absolute atomic E-state index is 5.64. The third-order valence-electron chi connectivity index (χ3n) is 4.53. The number of rotatable bonds is 5. The van der Waals surface area contributed by atoms with Crippen molar-refractivity contribution in [3.8, 4) is 5.75 Å². The smallest absolute Gasteiger partial charge is 0.119 e. The molecule has 0 aromatic heterocycles. The highest BCUT2D eigenvalue weighted by Gasteiger charge is 2.30. The first-order valence-corrected chi connectivity index (χ1v) is 8.04. The molecular weight excluding hydrogens is 246 g/mol. The van der Waals surface area contributed by atoms with Crippen molar-refractivity contribution in [2.45, 2.75) is 46.1 Å². The molecule has 1 aromatic rings. The fourth-order valence-corrected chi connectivity index (χ4v) is 3.92. The maximum Gasteiger partial charge on any atom is 0.119 e. The first-order chi connectivity index (χ1) is 9.63. The van der Waals surface area contributed by atoms with E-state index in [1.54, 1.807) is 0 Å². The Kier molecular flexibility index (Phi) is 5.47. The van der Waals surface area contributed by atoms with Gasteiger partial charge in [0.05, 0.1) is 6.61 Å². The average molecular weight is 275 g/mol. The molecular formula is C18H29NO. The van der Waals surface area contributed by atoms with Crippen molar-refractivity contribution in [3.05, 3.63) is 29.8 Å². The lowest BCUT2D eigenvalue weighted by Gasteiger charge is -2.36. The van der Waals surface area contributed by atoms with Crippen molar-refractivity contribution in [1.82, 2.24) is 5.32 Å². The molecule has 2 rings (SSSR count). The van der Waals surface area contributed by atoms with Gasteiger partial charge in [0.25, 0.3) is 0 Å². The zero-order valence-electron chi connectivity index (χ0n) is 13.4. The monoisotopic (exact) mass is 275 g/mol. The highest BCUT2D eigenvalue weighted by Crippen LogP contribution is 2.40. The fourth-order valence-electron chi connectivity index (χ4n) is 3.92. The second-order valence-corrected chi connectivity index (χ2v) is 6.45. The van der Waals surface area contributed by atoms with Crippen LogP contribution in [-0.4, -0.2) is 13.7 Å². The molecule has 0 amide bonds. The lowest BCUT2D eigenvalue weighted by molar-refractivity contribution is 0.180. The second kappa shape index (κ2) is 7.12. The van der Waals surface area contributed by atoms with E-state index >= 15 is 0 Å². The third-order valence-corrected chi connectivity index (χ3v) is 4.53. The van der Waals surface area contributed by atoms with Crippen LogP contribution in [0.25, 0.3) is 0 Å². The Hall–Kier alpha value is -1.02. The summed E-state index contributed by atoms with van der Waals surface area (Å²) in [4.78, 5) is 0. The molecule has 0 saturated heterocycles. The molecule has 1 fully saturated rings. The number of ether oxygens (including phenoxy) is 1. The molecule has 0 bridgehead atoms. The summed E-state index contributed by atoms with van der Waals surface area (Å²) in [6.07, 6.45) is 4.04. The van der Waals surface area contributed by atoms with Crippen LogP contribution in [0.5, 0.6) is 5.75 Å². The van der Waals surface area contributed by atoms with Gasteiger partial charge in [-0.25, -0.2) is 0 Å². The van der Waals surface area contributed by atoms with Crippen LogP contribution >= 0.6 is 0 Å². The van der Waals surface area contributed by atoms with E-state index in [-0.39, 0.29) is 0 Å². The molecule has 112 valence electrons. The van der Waals surface area contributed by atoms with E-state index < -0.39 is 0 Å².